The first-order valence-electron chi connectivity index (χ1n) is 6.04. The van der Waals surface area contributed by atoms with Crippen molar-refractivity contribution in [2.45, 2.75) is 31.2 Å². The van der Waals surface area contributed by atoms with E-state index in [1.807, 2.05) is 11.8 Å². The molecule has 0 amide bonds. The molecule has 0 aromatic heterocycles. The average Bonchev–Trinajstić information content (AvgIpc) is 2.66. The van der Waals surface area contributed by atoms with E-state index < -0.39 is 0 Å². The van der Waals surface area contributed by atoms with Gasteiger partial charge in [0, 0.05) is 12.3 Å². The summed E-state index contributed by atoms with van der Waals surface area (Å²) in [6.45, 7) is 4.88. The van der Waals surface area contributed by atoms with E-state index in [1.165, 1.54) is 56.2 Å². The minimum absolute atomic E-state index is 0.427. The van der Waals surface area contributed by atoms with Gasteiger partial charge in [-0.25, -0.2) is 0 Å². The van der Waals surface area contributed by atoms with Crippen molar-refractivity contribution in [3.63, 3.8) is 0 Å². The van der Waals surface area contributed by atoms with E-state index in [4.69, 9.17) is 0 Å². The van der Waals surface area contributed by atoms with E-state index >= 15 is 0 Å². The fourth-order valence-corrected chi connectivity index (χ4v) is 3.31. The van der Waals surface area contributed by atoms with Crippen molar-refractivity contribution >= 4 is 16.9 Å². The molecule has 2 heterocycles. The molecule has 1 spiro atoms. The van der Waals surface area contributed by atoms with Gasteiger partial charge >= 0.3 is 0 Å². The normalized spacial score (nSPS) is 28.1. The molecule has 0 unspecified atom stereocenters. The molecular formula is C11H19N3S. The Bertz CT molecular complexity index is 267. The van der Waals surface area contributed by atoms with Crippen molar-refractivity contribution in [2.75, 3.05) is 31.9 Å². The van der Waals surface area contributed by atoms with Crippen molar-refractivity contribution in [3.05, 3.63) is 0 Å². The monoisotopic (exact) mass is 225 g/mol. The van der Waals surface area contributed by atoms with Crippen molar-refractivity contribution in [3.8, 4) is 0 Å². The second kappa shape index (κ2) is 3.98. The van der Waals surface area contributed by atoms with Crippen molar-refractivity contribution in [2.24, 2.45) is 4.99 Å². The Kier molecular flexibility index (Phi) is 2.64. The van der Waals surface area contributed by atoms with E-state index in [-0.39, 0.29) is 0 Å². The number of likely N-dealkylation sites (tertiary alicyclic amines) is 1. The standard InChI is InChI=1S/C11H19N3S/c1-2-6-14(5-1)7-8-15-10-12-9-11(13-10)3-4-11/h1-9H2,(H,12,13). The molecule has 0 atom stereocenters. The SMILES string of the molecule is C1CCN(CCSC2=NCC3(CC3)N2)C1. The Morgan fingerprint density at radius 2 is 2.13 bits per heavy atom. The van der Waals surface area contributed by atoms with Gasteiger partial charge in [-0.3, -0.25) is 4.99 Å². The molecule has 84 valence electrons. The van der Waals surface area contributed by atoms with Gasteiger partial charge < -0.3 is 10.2 Å². The third kappa shape index (κ3) is 2.31. The lowest BCUT2D eigenvalue weighted by Gasteiger charge is -2.14. The maximum atomic E-state index is 4.57. The molecule has 3 nitrogen and oxygen atoms in total. The summed E-state index contributed by atoms with van der Waals surface area (Å²) in [4.78, 5) is 7.13. The molecular weight excluding hydrogens is 206 g/mol. The van der Waals surface area contributed by atoms with Crippen LogP contribution in [-0.4, -0.2) is 47.5 Å². The number of hydrogen-bond acceptors (Lipinski definition) is 4. The highest BCUT2D eigenvalue weighted by atomic mass is 32.2. The first-order chi connectivity index (χ1) is 7.36. The summed E-state index contributed by atoms with van der Waals surface area (Å²) >= 11 is 1.91. The van der Waals surface area contributed by atoms with Crippen LogP contribution in [-0.2, 0) is 0 Å². The summed E-state index contributed by atoms with van der Waals surface area (Å²) in [5.74, 6) is 1.20. The smallest absolute Gasteiger partial charge is 0.157 e. The number of thioether (sulfide) groups is 1. The van der Waals surface area contributed by atoms with Crippen LogP contribution in [0.2, 0.25) is 0 Å². The van der Waals surface area contributed by atoms with Gasteiger partial charge in [0.15, 0.2) is 5.17 Å². The molecule has 0 aromatic rings. The van der Waals surface area contributed by atoms with Crippen LogP contribution in [0.5, 0.6) is 0 Å². The molecule has 2 fully saturated rings. The number of rotatable bonds is 3. The highest BCUT2D eigenvalue weighted by molar-refractivity contribution is 8.13. The van der Waals surface area contributed by atoms with E-state index in [0.29, 0.717) is 5.54 Å². The third-order valence-electron chi connectivity index (χ3n) is 3.60. The molecule has 3 rings (SSSR count). The molecule has 0 aromatic carbocycles. The molecule has 1 N–H and O–H groups in total. The highest BCUT2D eigenvalue weighted by Gasteiger charge is 2.46. The zero-order valence-electron chi connectivity index (χ0n) is 9.17. The van der Waals surface area contributed by atoms with Gasteiger partial charge in [-0.2, -0.15) is 0 Å². The summed E-state index contributed by atoms with van der Waals surface area (Å²) in [6.07, 6.45) is 5.44. The van der Waals surface area contributed by atoms with E-state index in [2.05, 4.69) is 15.2 Å². The van der Waals surface area contributed by atoms with E-state index in [0.717, 1.165) is 6.54 Å². The zero-order chi connectivity index (χ0) is 10.1. The predicted octanol–water partition coefficient (Wildman–Crippen LogP) is 1.31. The van der Waals surface area contributed by atoms with Gasteiger partial charge in [-0.15, -0.1) is 0 Å². The molecule has 15 heavy (non-hydrogen) atoms. The molecule has 1 saturated carbocycles. The minimum Gasteiger partial charge on any atom is -0.358 e. The van der Waals surface area contributed by atoms with Crippen molar-refractivity contribution in [1.82, 2.24) is 10.2 Å². The lowest BCUT2D eigenvalue weighted by molar-refractivity contribution is 0.362. The van der Waals surface area contributed by atoms with Crippen LogP contribution < -0.4 is 5.32 Å². The number of amidine groups is 1. The van der Waals surface area contributed by atoms with Gasteiger partial charge in [-0.1, -0.05) is 11.8 Å². The maximum Gasteiger partial charge on any atom is 0.157 e. The van der Waals surface area contributed by atoms with Crippen LogP contribution in [0, 0.1) is 0 Å². The molecule has 0 bridgehead atoms. The topological polar surface area (TPSA) is 27.6 Å². The Hall–Kier alpha value is -0.220. The van der Waals surface area contributed by atoms with Crippen LogP contribution in [0.1, 0.15) is 25.7 Å². The van der Waals surface area contributed by atoms with Gasteiger partial charge in [0.25, 0.3) is 0 Å². The minimum atomic E-state index is 0.427. The highest BCUT2D eigenvalue weighted by Crippen LogP contribution is 2.39. The first kappa shape index (κ1) is 9.97. The maximum absolute atomic E-state index is 4.57. The van der Waals surface area contributed by atoms with Crippen LogP contribution >= 0.6 is 11.8 Å². The van der Waals surface area contributed by atoms with Gasteiger partial charge in [0.2, 0.25) is 0 Å². The average molecular weight is 225 g/mol. The quantitative estimate of drug-likeness (QED) is 0.785. The number of nitrogens with one attached hydrogen (secondary N) is 1. The first-order valence-corrected chi connectivity index (χ1v) is 7.03. The van der Waals surface area contributed by atoms with Gasteiger partial charge in [0.05, 0.1) is 12.1 Å². The summed E-state index contributed by atoms with van der Waals surface area (Å²) in [6, 6.07) is 0. The van der Waals surface area contributed by atoms with E-state index in [1.54, 1.807) is 0 Å². The summed E-state index contributed by atoms with van der Waals surface area (Å²) in [5, 5.41) is 4.76. The Morgan fingerprint density at radius 3 is 2.80 bits per heavy atom. The molecule has 0 radical (unpaired) electrons. The van der Waals surface area contributed by atoms with Crippen LogP contribution in [0.15, 0.2) is 4.99 Å². The zero-order valence-corrected chi connectivity index (χ0v) is 9.98. The molecule has 2 aliphatic heterocycles. The van der Waals surface area contributed by atoms with Crippen LogP contribution in [0.3, 0.4) is 0 Å². The fraction of sp³-hybridized carbons (Fsp3) is 0.909. The molecule has 3 aliphatic rings. The second-order valence-electron chi connectivity index (χ2n) is 4.92. The van der Waals surface area contributed by atoms with Crippen LogP contribution in [0.25, 0.3) is 0 Å². The Labute approximate surface area is 95.7 Å². The number of hydrogen-bond donors (Lipinski definition) is 1. The lowest BCUT2D eigenvalue weighted by atomic mass is 10.3. The van der Waals surface area contributed by atoms with Gasteiger partial charge in [0.1, 0.15) is 0 Å². The molecule has 4 heteroatoms. The lowest BCUT2D eigenvalue weighted by Crippen LogP contribution is -2.31. The fourth-order valence-electron chi connectivity index (χ4n) is 2.32. The summed E-state index contributed by atoms with van der Waals surface area (Å²) < 4.78 is 0. The predicted molar refractivity (Wildman–Crippen MR) is 65.5 cm³/mol. The molecule has 1 saturated heterocycles. The Morgan fingerprint density at radius 1 is 1.33 bits per heavy atom. The second-order valence-corrected chi connectivity index (χ2v) is 6.01. The number of nitrogens with zero attached hydrogens (tertiary/aromatic N) is 2. The molecule has 1 aliphatic carbocycles. The largest absolute Gasteiger partial charge is 0.358 e. The van der Waals surface area contributed by atoms with Gasteiger partial charge in [-0.05, 0) is 38.8 Å². The van der Waals surface area contributed by atoms with E-state index in [9.17, 15) is 0 Å². The van der Waals surface area contributed by atoms with Crippen molar-refractivity contribution in [1.29, 1.82) is 0 Å². The Balaban J connectivity index is 1.35. The van der Waals surface area contributed by atoms with Crippen LogP contribution in [0.4, 0.5) is 0 Å². The summed E-state index contributed by atoms with van der Waals surface area (Å²) in [7, 11) is 0. The third-order valence-corrected chi connectivity index (χ3v) is 4.49. The van der Waals surface area contributed by atoms with Crippen molar-refractivity contribution < 1.29 is 0 Å². The summed E-state index contributed by atoms with van der Waals surface area (Å²) in [5.41, 5.74) is 0.427. The number of aliphatic imine (C=N–C) groups is 1.